The molecular formula is C7H13F3N4. The number of nitrogens with zero attached hydrogens (tertiary/aromatic N) is 2. The fourth-order valence-electron chi connectivity index (χ4n) is 1.53. The van der Waals surface area contributed by atoms with E-state index in [-0.39, 0.29) is 18.9 Å². The summed E-state index contributed by atoms with van der Waals surface area (Å²) in [5, 5.41) is 3.18. The lowest BCUT2D eigenvalue weighted by atomic mass is 9.98. The molecule has 1 atom stereocenters. The van der Waals surface area contributed by atoms with Gasteiger partial charge in [-0.2, -0.15) is 13.2 Å². The molecule has 4 N–H and O–H groups in total. The van der Waals surface area contributed by atoms with E-state index in [4.69, 9.17) is 11.6 Å². The summed E-state index contributed by atoms with van der Waals surface area (Å²) in [6.07, 6.45) is -3.55. The molecule has 0 aromatic carbocycles. The molecule has 0 aromatic heterocycles. The number of hydrogen-bond acceptors (Lipinski definition) is 2. The van der Waals surface area contributed by atoms with Crippen molar-refractivity contribution in [3.05, 3.63) is 0 Å². The van der Waals surface area contributed by atoms with Crippen molar-refractivity contribution in [2.75, 3.05) is 13.1 Å². The van der Waals surface area contributed by atoms with Crippen molar-refractivity contribution < 1.29 is 13.2 Å². The molecule has 82 valence electrons. The Morgan fingerprint density at radius 2 is 2.07 bits per heavy atom. The predicted molar refractivity (Wildman–Crippen MR) is 46.2 cm³/mol. The van der Waals surface area contributed by atoms with Gasteiger partial charge in [0.2, 0.25) is 5.96 Å². The minimum atomic E-state index is -4.16. The van der Waals surface area contributed by atoms with E-state index in [0.29, 0.717) is 13.0 Å². The average Bonchev–Trinajstić information content (AvgIpc) is 2.15. The first-order valence-corrected chi connectivity index (χ1v) is 4.30. The largest absolute Gasteiger partial charge is 0.393 e. The number of alkyl halides is 3. The minimum Gasteiger partial charge on any atom is -0.368 e. The fraction of sp³-hybridized carbons (Fsp3) is 0.857. The summed E-state index contributed by atoms with van der Waals surface area (Å²) in [6.45, 7) is 0.342. The highest BCUT2D eigenvalue weighted by Crippen LogP contribution is 2.32. The van der Waals surface area contributed by atoms with Crippen LogP contribution in [0.15, 0.2) is 5.10 Å². The molecule has 4 nitrogen and oxygen atoms in total. The van der Waals surface area contributed by atoms with Gasteiger partial charge in [0.25, 0.3) is 0 Å². The van der Waals surface area contributed by atoms with E-state index < -0.39 is 12.1 Å². The molecule has 0 aromatic rings. The maximum atomic E-state index is 12.3. The summed E-state index contributed by atoms with van der Waals surface area (Å²) in [7, 11) is 0. The van der Waals surface area contributed by atoms with E-state index in [1.165, 1.54) is 4.90 Å². The molecule has 1 aliphatic heterocycles. The molecule has 0 amide bonds. The van der Waals surface area contributed by atoms with Crippen LogP contribution >= 0.6 is 0 Å². The molecule has 0 aliphatic carbocycles. The summed E-state index contributed by atoms with van der Waals surface area (Å²) in [5.74, 6) is 3.55. The van der Waals surface area contributed by atoms with Crippen molar-refractivity contribution in [2.45, 2.75) is 19.0 Å². The van der Waals surface area contributed by atoms with Crippen molar-refractivity contribution in [1.82, 2.24) is 4.90 Å². The second-order valence-corrected chi connectivity index (χ2v) is 3.31. The third-order valence-electron chi connectivity index (χ3n) is 2.34. The zero-order valence-corrected chi connectivity index (χ0v) is 7.59. The Balaban J connectivity index is 2.61. The number of hydrazone groups is 1. The van der Waals surface area contributed by atoms with Gasteiger partial charge < -0.3 is 16.5 Å². The van der Waals surface area contributed by atoms with E-state index >= 15 is 0 Å². The van der Waals surface area contributed by atoms with Crippen LogP contribution in [0.2, 0.25) is 0 Å². The van der Waals surface area contributed by atoms with Gasteiger partial charge in [-0.05, 0) is 12.8 Å². The molecule has 1 aliphatic rings. The molecule has 0 saturated carbocycles. The van der Waals surface area contributed by atoms with E-state index in [1.54, 1.807) is 0 Å². The normalized spacial score (nSPS) is 25.2. The Morgan fingerprint density at radius 1 is 1.43 bits per heavy atom. The quantitative estimate of drug-likeness (QED) is 0.264. The topological polar surface area (TPSA) is 67.6 Å². The molecule has 0 radical (unpaired) electrons. The number of rotatable bonds is 0. The van der Waals surface area contributed by atoms with Crippen LogP contribution in [-0.2, 0) is 0 Å². The third kappa shape index (κ3) is 2.43. The molecule has 0 spiro atoms. The molecule has 1 rings (SSSR count). The molecule has 0 bridgehead atoms. The lowest BCUT2D eigenvalue weighted by Crippen LogP contribution is -2.47. The van der Waals surface area contributed by atoms with Crippen LogP contribution in [0.3, 0.4) is 0 Å². The maximum Gasteiger partial charge on any atom is 0.393 e. The molecular weight excluding hydrogens is 197 g/mol. The molecule has 14 heavy (non-hydrogen) atoms. The lowest BCUT2D eigenvalue weighted by Gasteiger charge is -2.33. The zero-order valence-electron chi connectivity index (χ0n) is 7.59. The summed E-state index contributed by atoms with van der Waals surface area (Å²) < 4.78 is 37.0. The van der Waals surface area contributed by atoms with E-state index in [1.807, 2.05) is 0 Å². The zero-order chi connectivity index (χ0) is 10.8. The first-order valence-electron chi connectivity index (χ1n) is 4.30. The van der Waals surface area contributed by atoms with Gasteiger partial charge in [-0.25, -0.2) is 0 Å². The van der Waals surface area contributed by atoms with Gasteiger partial charge in [0, 0.05) is 13.1 Å². The van der Waals surface area contributed by atoms with Crippen LogP contribution in [-0.4, -0.2) is 30.1 Å². The highest BCUT2D eigenvalue weighted by Gasteiger charge is 2.42. The summed E-state index contributed by atoms with van der Waals surface area (Å²) in [4.78, 5) is 1.36. The van der Waals surface area contributed by atoms with Crippen molar-refractivity contribution in [3.63, 3.8) is 0 Å². The van der Waals surface area contributed by atoms with Crippen LogP contribution in [0.5, 0.6) is 0 Å². The van der Waals surface area contributed by atoms with Crippen molar-refractivity contribution in [1.29, 1.82) is 0 Å². The monoisotopic (exact) mass is 210 g/mol. The van der Waals surface area contributed by atoms with Crippen LogP contribution in [0.4, 0.5) is 13.2 Å². The molecule has 7 heteroatoms. The smallest absolute Gasteiger partial charge is 0.368 e. The Hall–Kier alpha value is -1.14. The number of hydrogen-bond donors (Lipinski definition) is 2. The van der Waals surface area contributed by atoms with Crippen LogP contribution < -0.4 is 11.6 Å². The highest BCUT2D eigenvalue weighted by molar-refractivity contribution is 5.77. The van der Waals surface area contributed by atoms with E-state index in [2.05, 4.69) is 5.10 Å². The van der Waals surface area contributed by atoms with E-state index in [9.17, 15) is 13.2 Å². The standard InChI is InChI=1S/C7H13F3N4/c8-7(9,10)5-2-1-3-14(4-5)6(11)13-12/h5H,1-4,12H2,(H2,11,13). The molecule has 1 fully saturated rings. The van der Waals surface area contributed by atoms with Gasteiger partial charge in [0.1, 0.15) is 0 Å². The average molecular weight is 210 g/mol. The van der Waals surface area contributed by atoms with Gasteiger partial charge in [0.15, 0.2) is 0 Å². The van der Waals surface area contributed by atoms with Crippen molar-refractivity contribution in [3.8, 4) is 0 Å². The number of piperidine rings is 1. The van der Waals surface area contributed by atoms with Gasteiger partial charge >= 0.3 is 6.18 Å². The number of guanidine groups is 1. The Morgan fingerprint density at radius 3 is 2.57 bits per heavy atom. The van der Waals surface area contributed by atoms with Crippen molar-refractivity contribution >= 4 is 5.96 Å². The maximum absolute atomic E-state index is 12.3. The first-order chi connectivity index (χ1) is 6.45. The summed E-state index contributed by atoms with van der Waals surface area (Å²) in [5.41, 5.74) is 5.34. The Labute approximate surface area is 79.7 Å². The minimum absolute atomic E-state index is 0.0287. The van der Waals surface area contributed by atoms with E-state index in [0.717, 1.165) is 0 Å². The van der Waals surface area contributed by atoms with Gasteiger partial charge in [-0.3, -0.25) is 0 Å². The highest BCUT2D eigenvalue weighted by atomic mass is 19.4. The number of likely N-dealkylation sites (tertiary alicyclic amines) is 1. The number of halogens is 3. The Bertz CT molecular complexity index is 225. The summed E-state index contributed by atoms with van der Waals surface area (Å²) in [6, 6.07) is 0. The third-order valence-corrected chi connectivity index (χ3v) is 2.34. The fourth-order valence-corrected chi connectivity index (χ4v) is 1.53. The molecule has 1 unspecified atom stereocenters. The van der Waals surface area contributed by atoms with Gasteiger partial charge in [0.05, 0.1) is 5.92 Å². The van der Waals surface area contributed by atoms with Crippen LogP contribution in [0.25, 0.3) is 0 Å². The van der Waals surface area contributed by atoms with Crippen molar-refractivity contribution in [2.24, 2.45) is 22.6 Å². The Kier molecular flexibility index (Phi) is 3.07. The van der Waals surface area contributed by atoms with Crippen LogP contribution in [0, 0.1) is 5.92 Å². The second kappa shape index (κ2) is 3.93. The van der Waals surface area contributed by atoms with Gasteiger partial charge in [-0.15, -0.1) is 5.10 Å². The molecule has 1 heterocycles. The number of nitrogens with two attached hydrogens (primary N) is 2. The van der Waals surface area contributed by atoms with Gasteiger partial charge in [-0.1, -0.05) is 0 Å². The first kappa shape index (κ1) is 10.9. The SMILES string of the molecule is NN=C(N)N1CCCC(C(F)(F)F)C1. The second-order valence-electron chi connectivity index (χ2n) is 3.31. The van der Waals surface area contributed by atoms with Crippen LogP contribution in [0.1, 0.15) is 12.8 Å². The lowest BCUT2D eigenvalue weighted by molar-refractivity contribution is -0.183. The molecule has 1 saturated heterocycles. The predicted octanol–water partition coefficient (Wildman–Crippen LogP) is 0.449. The summed E-state index contributed by atoms with van der Waals surface area (Å²) >= 11 is 0.